The molecule has 1 rings (SSSR count). The van der Waals surface area contributed by atoms with Crippen molar-refractivity contribution in [2.45, 2.75) is 19.4 Å². The first kappa shape index (κ1) is 14.7. The van der Waals surface area contributed by atoms with Crippen molar-refractivity contribution >= 4 is 22.4 Å². The van der Waals surface area contributed by atoms with E-state index in [1.54, 1.807) is 18.4 Å². The molecule has 1 aromatic rings. The summed E-state index contributed by atoms with van der Waals surface area (Å²) in [5, 5.41) is 12.6. The number of methoxy groups -OCH3 is 1. The predicted octanol–water partition coefficient (Wildman–Crippen LogP) is 1.17. The van der Waals surface area contributed by atoms with Crippen LogP contribution < -0.4 is 15.0 Å². The minimum atomic E-state index is -0.762. The average molecular weight is 273 g/mol. The molecule has 0 fully saturated rings. The molecule has 7 heteroatoms. The van der Waals surface area contributed by atoms with Crippen molar-refractivity contribution in [3.63, 3.8) is 0 Å². The van der Waals surface area contributed by atoms with Crippen molar-refractivity contribution in [1.82, 2.24) is 10.3 Å². The van der Waals surface area contributed by atoms with Gasteiger partial charge in [-0.15, -0.1) is 0 Å². The number of anilines is 1. The highest BCUT2D eigenvalue weighted by molar-refractivity contribution is 7.15. The van der Waals surface area contributed by atoms with Gasteiger partial charge in [0.2, 0.25) is 5.88 Å². The summed E-state index contributed by atoms with van der Waals surface area (Å²) in [6, 6.07) is 0. The van der Waals surface area contributed by atoms with Crippen LogP contribution in [0.2, 0.25) is 0 Å². The second kappa shape index (κ2) is 7.17. The van der Waals surface area contributed by atoms with E-state index >= 15 is 0 Å². The molecule has 0 bridgehead atoms. The Morgan fingerprint density at radius 3 is 2.83 bits per heavy atom. The maximum absolute atomic E-state index is 10.3. The molecule has 2 N–H and O–H groups in total. The highest BCUT2D eigenvalue weighted by Crippen LogP contribution is 2.30. The van der Waals surface area contributed by atoms with Gasteiger partial charge in [0.05, 0.1) is 12.0 Å². The molecule has 0 saturated heterocycles. The summed E-state index contributed by atoms with van der Waals surface area (Å²) < 4.78 is 5.21. The molecule has 0 aliphatic rings. The lowest BCUT2D eigenvalue weighted by Crippen LogP contribution is -2.15. The molecule has 102 valence electrons. The molecule has 0 aromatic carbocycles. The molecule has 6 nitrogen and oxygen atoms in total. The minimum absolute atomic E-state index is 0.190. The summed E-state index contributed by atoms with van der Waals surface area (Å²) in [5.41, 5.74) is 0. The van der Waals surface area contributed by atoms with E-state index in [0.29, 0.717) is 25.4 Å². The standard InChI is InChI=1S/C11H19N3O3S/c1-14(2)11-13-10(17-3)8(18-11)7-12-6-4-5-9(15)16/h12H,4-7H2,1-3H3,(H,15,16). The van der Waals surface area contributed by atoms with Gasteiger partial charge in [-0.05, 0) is 13.0 Å². The van der Waals surface area contributed by atoms with Gasteiger partial charge in [0.1, 0.15) is 0 Å². The average Bonchev–Trinajstić information content (AvgIpc) is 2.71. The summed E-state index contributed by atoms with van der Waals surface area (Å²) in [6.07, 6.45) is 0.812. The van der Waals surface area contributed by atoms with Crippen LogP contribution in [0.4, 0.5) is 5.13 Å². The number of carbonyl (C=O) groups is 1. The smallest absolute Gasteiger partial charge is 0.303 e. The van der Waals surface area contributed by atoms with Crippen LogP contribution in [0.5, 0.6) is 5.88 Å². The summed E-state index contributed by atoms with van der Waals surface area (Å²) in [6.45, 7) is 1.32. The van der Waals surface area contributed by atoms with E-state index in [4.69, 9.17) is 9.84 Å². The Labute approximate surface area is 111 Å². The maximum atomic E-state index is 10.3. The highest BCUT2D eigenvalue weighted by atomic mass is 32.1. The van der Waals surface area contributed by atoms with Crippen molar-refractivity contribution in [1.29, 1.82) is 0 Å². The number of carboxylic acids is 1. The second-order valence-electron chi connectivity index (χ2n) is 4.00. The minimum Gasteiger partial charge on any atom is -0.481 e. The number of nitrogens with zero attached hydrogens (tertiary/aromatic N) is 2. The molecule has 0 atom stereocenters. The SMILES string of the molecule is COc1nc(N(C)C)sc1CNCCCC(=O)O. The van der Waals surface area contributed by atoms with Crippen LogP contribution in [0.15, 0.2) is 0 Å². The normalized spacial score (nSPS) is 10.4. The fourth-order valence-corrected chi connectivity index (χ4v) is 2.28. The molecule has 1 aromatic heterocycles. The van der Waals surface area contributed by atoms with Crippen LogP contribution >= 0.6 is 11.3 Å². The summed E-state index contributed by atoms with van der Waals surface area (Å²) in [5.74, 6) is -0.128. The summed E-state index contributed by atoms with van der Waals surface area (Å²) >= 11 is 1.57. The molecule has 1 heterocycles. The van der Waals surface area contributed by atoms with Crippen molar-refractivity contribution in [2.24, 2.45) is 0 Å². The Morgan fingerprint density at radius 2 is 2.28 bits per heavy atom. The zero-order chi connectivity index (χ0) is 13.5. The number of thiazole rings is 1. The van der Waals surface area contributed by atoms with E-state index in [1.165, 1.54) is 0 Å². The Hall–Kier alpha value is -1.34. The van der Waals surface area contributed by atoms with Gasteiger partial charge in [-0.3, -0.25) is 4.79 Å². The van der Waals surface area contributed by atoms with Crippen LogP contribution in [-0.2, 0) is 11.3 Å². The fourth-order valence-electron chi connectivity index (χ4n) is 1.35. The number of aromatic nitrogens is 1. The fraction of sp³-hybridized carbons (Fsp3) is 0.636. The monoisotopic (exact) mass is 273 g/mol. The number of rotatable bonds is 8. The number of hydrogen-bond donors (Lipinski definition) is 2. The van der Waals surface area contributed by atoms with Crippen molar-refractivity contribution in [3.05, 3.63) is 4.88 Å². The van der Waals surface area contributed by atoms with E-state index in [1.807, 2.05) is 19.0 Å². The molecular weight excluding hydrogens is 254 g/mol. The number of aliphatic carboxylic acids is 1. The zero-order valence-corrected chi connectivity index (χ0v) is 11.7. The van der Waals surface area contributed by atoms with Crippen molar-refractivity contribution in [3.8, 4) is 5.88 Å². The first-order valence-corrected chi connectivity index (χ1v) is 6.49. The van der Waals surface area contributed by atoms with E-state index in [0.717, 1.165) is 10.0 Å². The molecule has 0 amide bonds. The quantitative estimate of drug-likeness (QED) is 0.693. The van der Waals surface area contributed by atoms with E-state index in [-0.39, 0.29) is 6.42 Å². The van der Waals surface area contributed by atoms with Gasteiger partial charge >= 0.3 is 5.97 Å². The number of ether oxygens (including phenoxy) is 1. The van der Waals surface area contributed by atoms with Gasteiger partial charge in [0.25, 0.3) is 0 Å². The third-order valence-corrected chi connectivity index (χ3v) is 3.46. The van der Waals surface area contributed by atoms with Crippen LogP contribution in [0.25, 0.3) is 0 Å². The van der Waals surface area contributed by atoms with E-state index in [2.05, 4.69) is 10.3 Å². The molecule has 0 aliphatic carbocycles. The first-order valence-electron chi connectivity index (χ1n) is 5.68. The molecule has 18 heavy (non-hydrogen) atoms. The van der Waals surface area contributed by atoms with E-state index in [9.17, 15) is 4.79 Å². The van der Waals surface area contributed by atoms with Gasteiger partial charge in [-0.2, -0.15) is 4.98 Å². The predicted molar refractivity (Wildman–Crippen MR) is 71.6 cm³/mol. The molecule has 0 spiro atoms. The van der Waals surface area contributed by atoms with Crippen LogP contribution in [0, 0.1) is 0 Å². The summed E-state index contributed by atoms with van der Waals surface area (Å²) in [7, 11) is 5.47. The maximum Gasteiger partial charge on any atom is 0.303 e. The largest absolute Gasteiger partial charge is 0.481 e. The van der Waals surface area contributed by atoms with Crippen LogP contribution in [0.3, 0.4) is 0 Å². The first-order chi connectivity index (χ1) is 8.54. The second-order valence-corrected chi connectivity index (χ2v) is 5.06. The van der Waals surface area contributed by atoms with Gasteiger partial charge in [0.15, 0.2) is 5.13 Å². The van der Waals surface area contributed by atoms with Gasteiger partial charge < -0.3 is 20.1 Å². The Balaban J connectivity index is 2.43. The number of carboxylic acid groups (broad SMARTS) is 1. The highest BCUT2D eigenvalue weighted by Gasteiger charge is 2.12. The van der Waals surface area contributed by atoms with Gasteiger partial charge in [-0.1, -0.05) is 11.3 Å². The topological polar surface area (TPSA) is 74.7 Å². The molecular formula is C11H19N3O3S. The molecule has 0 radical (unpaired) electrons. The Bertz CT molecular complexity index is 393. The van der Waals surface area contributed by atoms with Gasteiger partial charge in [-0.25, -0.2) is 0 Å². The number of hydrogen-bond acceptors (Lipinski definition) is 6. The van der Waals surface area contributed by atoms with E-state index < -0.39 is 5.97 Å². The number of nitrogens with one attached hydrogen (secondary N) is 1. The molecule has 0 saturated carbocycles. The Morgan fingerprint density at radius 1 is 1.56 bits per heavy atom. The Kier molecular flexibility index (Phi) is 5.87. The molecule has 0 unspecified atom stereocenters. The third kappa shape index (κ3) is 4.50. The lowest BCUT2D eigenvalue weighted by atomic mass is 10.3. The van der Waals surface area contributed by atoms with Gasteiger partial charge in [0, 0.05) is 27.1 Å². The zero-order valence-electron chi connectivity index (χ0n) is 10.9. The molecule has 0 aliphatic heterocycles. The van der Waals surface area contributed by atoms with Crippen molar-refractivity contribution < 1.29 is 14.6 Å². The van der Waals surface area contributed by atoms with Crippen molar-refractivity contribution in [2.75, 3.05) is 32.6 Å². The lowest BCUT2D eigenvalue weighted by molar-refractivity contribution is -0.137. The summed E-state index contributed by atoms with van der Waals surface area (Å²) in [4.78, 5) is 17.6. The van der Waals surface area contributed by atoms with Crippen LogP contribution in [-0.4, -0.2) is 43.8 Å². The third-order valence-electron chi connectivity index (χ3n) is 2.26. The van der Waals surface area contributed by atoms with Crippen LogP contribution in [0.1, 0.15) is 17.7 Å². The lowest BCUT2D eigenvalue weighted by Gasteiger charge is -2.05.